The molecule has 1 amide bonds. The maximum atomic E-state index is 11.4. The molecule has 0 radical (unpaired) electrons. The number of hydrogen-bond donors (Lipinski definition) is 1. The summed E-state index contributed by atoms with van der Waals surface area (Å²) < 4.78 is 0. The highest BCUT2D eigenvalue weighted by atomic mass is 16.2. The fraction of sp³-hybridized carbons (Fsp3) is 0.500. The standard InChI is InChI=1S/C14H21N3O/c1-11-13(15)5-3-6-14(11)17-8-4-7-16(9-10-17)12(2)18/h3,5-6H,4,7-10,15H2,1-2H3. The lowest BCUT2D eigenvalue weighted by atomic mass is 10.1. The van der Waals surface area contributed by atoms with Crippen LogP contribution in [-0.4, -0.2) is 37.0 Å². The van der Waals surface area contributed by atoms with Crippen LogP contribution in [0.5, 0.6) is 0 Å². The summed E-state index contributed by atoms with van der Waals surface area (Å²) in [6, 6.07) is 6.03. The molecule has 1 fully saturated rings. The van der Waals surface area contributed by atoms with Gasteiger partial charge in [-0.3, -0.25) is 4.79 Å². The lowest BCUT2D eigenvalue weighted by molar-refractivity contribution is -0.128. The molecule has 1 aromatic carbocycles. The monoisotopic (exact) mass is 247 g/mol. The fourth-order valence-corrected chi connectivity index (χ4v) is 2.46. The Kier molecular flexibility index (Phi) is 3.75. The minimum Gasteiger partial charge on any atom is -0.398 e. The van der Waals surface area contributed by atoms with Gasteiger partial charge in [-0.2, -0.15) is 0 Å². The molecular weight excluding hydrogens is 226 g/mol. The summed E-state index contributed by atoms with van der Waals surface area (Å²) in [6.07, 6.45) is 1.01. The Balaban J connectivity index is 2.15. The van der Waals surface area contributed by atoms with Crippen molar-refractivity contribution in [1.82, 2.24) is 4.90 Å². The number of nitrogens with two attached hydrogens (primary N) is 1. The van der Waals surface area contributed by atoms with Crippen molar-refractivity contribution in [2.75, 3.05) is 36.8 Å². The summed E-state index contributed by atoms with van der Waals surface area (Å²) in [5, 5.41) is 0. The van der Waals surface area contributed by atoms with Crippen LogP contribution in [0.4, 0.5) is 11.4 Å². The van der Waals surface area contributed by atoms with Crippen LogP contribution in [0, 0.1) is 6.92 Å². The molecule has 4 heteroatoms. The van der Waals surface area contributed by atoms with E-state index in [1.807, 2.05) is 17.0 Å². The number of benzene rings is 1. The van der Waals surface area contributed by atoms with Gasteiger partial charge >= 0.3 is 0 Å². The van der Waals surface area contributed by atoms with Gasteiger partial charge in [-0.25, -0.2) is 0 Å². The van der Waals surface area contributed by atoms with Crippen molar-refractivity contribution in [3.63, 3.8) is 0 Å². The molecule has 0 saturated carbocycles. The van der Waals surface area contributed by atoms with E-state index in [0.717, 1.165) is 43.9 Å². The SMILES string of the molecule is CC(=O)N1CCCN(c2cccc(N)c2C)CC1. The molecular formula is C14H21N3O. The topological polar surface area (TPSA) is 49.6 Å². The number of rotatable bonds is 1. The van der Waals surface area contributed by atoms with Gasteiger partial charge in [-0.05, 0) is 31.0 Å². The van der Waals surface area contributed by atoms with Crippen molar-refractivity contribution in [2.24, 2.45) is 0 Å². The predicted molar refractivity (Wildman–Crippen MR) is 74.7 cm³/mol. The molecule has 1 aromatic rings. The van der Waals surface area contributed by atoms with Crippen molar-refractivity contribution in [3.05, 3.63) is 23.8 Å². The lowest BCUT2D eigenvalue weighted by Crippen LogP contribution is -2.33. The van der Waals surface area contributed by atoms with Gasteiger partial charge in [-0.15, -0.1) is 0 Å². The quantitative estimate of drug-likeness (QED) is 0.767. The Morgan fingerprint density at radius 2 is 2.00 bits per heavy atom. The predicted octanol–water partition coefficient (Wildman–Crippen LogP) is 1.64. The molecule has 18 heavy (non-hydrogen) atoms. The van der Waals surface area contributed by atoms with Gasteiger partial charge in [-0.1, -0.05) is 6.07 Å². The van der Waals surface area contributed by atoms with Crippen molar-refractivity contribution in [1.29, 1.82) is 0 Å². The highest BCUT2D eigenvalue weighted by molar-refractivity contribution is 5.73. The molecule has 2 N–H and O–H groups in total. The van der Waals surface area contributed by atoms with Crippen molar-refractivity contribution >= 4 is 17.3 Å². The second-order valence-electron chi connectivity index (χ2n) is 4.84. The van der Waals surface area contributed by atoms with Gasteiger partial charge in [0.2, 0.25) is 5.91 Å². The molecule has 2 rings (SSSR count). The first-order valence-electron chi connectivity index (χ1n) is 6.45. The summed E-state index contributed by atoms with van der Waals surface area (Å²) in [5.41, 5.74) is 9.11. The Morgan fingerprint density at radius 1 is 1.22 bits per heavy atom. The van der Waals surface area contributed by atoms with Crippen LogP contribution in [0.3, 0.4) is 0 Å². The summed E-state index contributed by atoms with van der Waals surface area (Å²) >= 11 is 0. The first-order chi connectivity index (χ1) is 8.59. The molecule has 1 heterocycles. The number of nitrogen functional groups attached to an aromatic ring is 1. The van der Waals surface area contributed by atoms with E-state index in [9.17, 15) is 4.79 Å². The maximum Gasteiger partial charge on any atom is 0.219 e. The summed E-state index contributed by atoms with van der Waals surface area (Å²) in [6.45, 7) is 7.20. The Morgan fingerprint density at radius 3 is 2.72 bits per heavy atom. The van der Waals surface area contributed by atoms with E-state index in [4.69, 9.17) is 5.73 Å². The first-order valence-corrected chi connectivity index (χ1v) is 6.45. The number of carbonyl (C=O) groups excluding carboxylic acids is 1. The number of amides is 1. The second kappa shape index (κ2) is 5.29. The summed E-state index contributed by atoms with van der Waals surface area (Å²) in [4.78, 5) is 15.6. The third kappa shape index (κ3) is 2.58. The highest BCUT2D eigenvalue weighted by Gasteiger charge is 2.18. The second-order valence-corrected chi connectivity index (χ2v) is 4.84. The van der Waals surface area contributed by atoms with E-state index in [1.165, 1.54) is 5.69 Å². The van der Waals surface area contributed by atoms with Crippen LogP contribution < -0.4 is 10.6 Å². The zero-order valence-corrected chi connectivity index (χ0v) is 11.1. The average molecular weight is 247 g/mol. The van der Waals surface area contributed by atoms with E-state index in [1.54, 1.807) is 6.92 Å². The van der Waals surface area contributed by atoms with Crippen LogP contribution in [-0.2, 0) is 4.79 Å². The Hall–Kier alpha value is -1.71. The van der Waals surface area contributed by atoms with Crippen molar-refractivity contribution in [2.45, 2.75) is 20.3 Å². The largest absolute Gasteiger partial charge is 0.398 e. The first kappa shape index (κ1) is 12.7. The number of anilines is 2. The molecule has 1 aliphatic heterocycles. The molecule has 4 nitrogen and oxygen atoms in total. The van der Waals surface area contributed by atoms with Crippen LogP contribution in [0.25, 0.3) is 0 Å². The van der Waals surface area contributed by atoms with Gasteiger partial charge in [0, 0.05) is 44.5 Å². The van der Waals surface area contributed by atoms with Gasteiger partial charge in [0.05, 0.1) is 0 Å². The fourth-order valence-electron chi connectivity index (χ4n) is 2.46. The van der Waals surface area contributed by atoms with Gasteiger partial charge < -0.3 is 15.5 Å². The van der Waals surface area contributed by atoms with E-state index >= 15 is 0 Å². The molecule has 0 aromatic heterocycles. The van der Waals surface area contributed by atoms with Gasteiger partial charge in [0.15, 0.2) is 0 Å². The normalized spacial score (nSPS) is 16.6. The molecule has 0 aliphatic carbocycles. The molecule has 0 bridgehead atoms. The van der Waals surface area contributed by atoms with E-state index in [2.05, 4.69) is 17.9 Å². The summed E-state index contributed by atoms with van der Waals surface area (Å²) in [7, 11) is 0. The molecule has 1 saturated heterocycles. The maximum absolute atomic E-state index is 11.4. The molecule has 0 unspecified atom stereocenters. The minimum absolute atomic E-state index is 0.168. The molecule has 1 aliphatic rings. The third-order valence-corrected chi connectivity index (χ3v) is 3.63. The average Bonchev–Trinajstić information content (AvgIpc) is 2.58. The van der Waals surface area contributed by atoms with E-state index < -0.39 is 0 Å². The zero-order valence-electron chi connectivity index (χ0n) is 11.1. The van der Waals surface area contributed by atoms with Crippen LogP contribution >= 0.6 is 0 Å². The molecule has 0 spiro atoms. The zero-order chi connectivity index (χ0) is 13.1. The lowest BCUT2D eigenvalue weighted by Gasteiger charge is -2.25. The van der Waals surface area contributed by atoms with Gasteiger partial charge in [0.1, 0.15) is 0 Å². The number of nitrogens with zero attached hydrogens (tertiary/aromatic N) is 2. The molecule has 0 atom stereocenters. The minimum atomic E-state index is 0.168. The van der Waals surface area contributed by atoms with Crippen LogP contribution in [0.2, 0.25) is 0 Å². The van der Waals surface area contributed by atoms with E-state index in [0.29, 0.717) is 0 Å². The van der Waals surface area contributed by atoms with Crippen LogP contribution in [0.1, 0.15) is 18.9 Å². The van der Waals surface area contributed by atoms with E-state index in [-0.39, 0.29) is 5.91 Å². The summed E-state index contributed by atoms with van der Waals surface area (Å²) in [5.74, 6) is 0.168. The molecule has 98 valence electrons. The van der Waals surface area contributed by atoms with Crippen molar-refractivity contribution in [3.8, 4) is 0 Å². The highest BCUT2D eigenvalue weighted by Crippen LogP contribution is 2.25. The third-order valence-electron chi connectivity index (χ3n) is 3.63. The smallest absolute Gasteiger partial charge is 0.219 e. The Bertz CT molecular complexity index is 445. The van der Waals surface area contributed by atoms with Crippen molar-refractivity contribution < 1.29 is 4.79 Å². The Labute approximate surface area is 108 Å². The van der Waals surface area contributed by atoms with Crippen LogP contribution in [0.15, 0.2) is 18.2 Å². The number of hydrogen-bond acceptors (Lipinski definition) is 3. The van der Waals surface area contributed by atoms with Gasteiger partial charge in [0.25, 0.3) is 0 Å². The number of carbonyl (C=O) groups is 1.